The van der Waals surface area contributed by atoms with Gasteiger partial charge in [-0.2, -0.15) is 5.10 Å². The molecule has 1 atom stereocenters. The van der Waals surface area contributed by atoms with Crippen LogP contribution in [-0.2, 0) is 19.4 Å². The van der Waals surface area contributed by atoms with E-state index >= 15 is 0 Å². The minimum absolute atomic E-state index is 0.601. The Morgan fingerprint density at radius 2 is 1.95 bits per heavy atom. The Morgan fingerprint density at radius 1 is 1.15 bits per heavy atom. The molecule has 3 heteroatoms. The van der Waals surface area contributed by atoms with Gasteiger partial charge in [0.25, 0.3) is 0 Å². The fourth-order valence-electron chi connectivity index (χ4n) is 2.76. The molecular formula is C17H33N3. The van der Waals surface area contributed by atoms with Crippen molar-refractivity contribution in [3.63, 3.8) is 0 Å². The van der Waals surface area contributed by atoms with Crippen molar-refractivity contribution < 1.29 is 0 Å². The van der Waals surface area contributed by atoms with Crippen LogP contribution in [0, 0.1) is 0 Å². The molecule has 1 heterocycles. The molecule has 0 aromatic carbocycles. The summed E-state index contributed by atoms with van der Waals surface area (Å²) in [6.07, 6.45) is 8.81. The molecule has 116 valence electrons. The number of nitrogens with zero attached hydrogens (tertiary/aromatic N) is 2. The molecule has 1 unspecified atom stereocenters. The van der Waals surface area contributed by atoms with Gasteiger partial charge in [0, 0.05) is 24.7 Å². The number of likely N-dealkylation sites (N-methyl/N-ethyl adjacent to an activating group) is 1. The Hall–Kier alpha value is -0.830. The standard InChI is InChI=1S/C17H33N3/c1-5-9-10-11-12-16(18-7-3)14-17-13-15(6-2)19-20(17)8-4/h13,16,18H,5-12,14H2,1-4H3. The van der Waals surface area contributed by atoms with Gasteiger partial charge in [0.1, 0.15) is 0 Å². The van der Waals surface area contributed by atoms with Crippen LogP contribution in [0.15, 0.2) is 6.07 Å². The molecule has 1 aromatic heterocycles. The van der Waals surface area contributed by atoms with Crippen molar-refractivity contribution in [1.29, 1.82) is 0 Å². The van der Waals surface area contributed by atoms with Crippen LogP contribution in [0.3, 0.4) is 0 Å². The number of hydrogen-bond donors (Lipinski definition) is 1. The molecule has 0 amide bonds. The van der Waals surface area contributed by atoms with Gasteiger partial charge in [0.05, 0.1) is 5.69 Å². The van der Waals surface area contributed by atoms with Gasteiger partial charge in [0.15, 0.2) is 0 Å². The lowest BCUT2D eigenvalue weighted by molar-refractivity contribution is 0.449. The van der Waals surface area contributed by atoms with E-state index in [1.165, 1.54) is 43.5 Å². The van der Waals surface area contributed by atoms with E-state index in [0.29, 0.717) is 6.04 Å². The van der Waals surface area contributed by atoms with Gasteiger partial charge in [-0.25, -0.2) is 0 Å². The number of nitrogens with one attached hydrogen (secondary N) is 1. The van der Waals surface area contributed by atoms with Gasteiger partial charge in [-0.05, 0) is 32.4 Å². The monoisotopic (exact) mass is 279 g/mol. The maximum Gasteiger partial charge on any atom is 0.0624 e. The number of aromatic nitrogens is 2. The van der Waals surface area contributed by atoms with Gasteiger partial charge >= 0.3 is 0 Å². The molecule has 1 rings (SSSR count). The van der Waals surface area contributed by atoms with Crippen molar-refractivity contribution in [3.05, 3.63) is 17.5 Å². The summed E-state index contributed by atoms with van der Waals surface area (Å²) in [5.41, 5.74) is 2.62. The van der Waals surface area contributed by atoms with Crippen LogP contribution in [0.1, 0.15) is 71.2 Å². The van der Waals surface area contributed by atoms with Crippen molar-refractivity contribution in [1.82, 2.24) is 15.1 Å². The molecule has 0 saturated heterocycles. The van der Waals surface area contributed by atoms with E-state index in [1.807, 2.05) is 0 Å². The van der Waals surface area contributed by atoms with Gasteiger partial charge in [0.2, 0.25) is 0 Å². The quantitative estimate of drug-likeness (QED) is 0.621. The van der Waals surface area contributed by atoms with E-state index in [0.717, 1.165) is 25.9 Å². The van der Waals surface area contributed by atoms with Gasteiger partial charge in [-0.1, -0.05) is 46.5 Å². The molecule has 0 spiro atoms. The van der Waals surface area contributed by atoms with E-state index in [4.69, 9.17) is 0 Å². The van der Waals surface area contributed by atoms with Gasteiger partial charge in [-0.3, -0.25) is 4.68 Å². The third kappa shape index (κ3) is 5.66. The van der Waals surface area contributed by atoms with E-state index in [2.05, 4.69) is 48.9 Å². The van der Waals surface area contributed by atoms with Gasteiger partial charge in [-0.15, -0.1) is 0 Å². The molecule has 0 aliphatic rings. The number of rotatable bonds is 11. The summed E-state index contributed by atoms with van der Waals surface area (Å²) in [6.45, 7) is 10.9. The summed E-state index contributed by atoms with van der Waals surface area (Å²) in [5.74, 6) is 0. The summed E-state index contributed by atoms with van der Waals surface area (Å²) in [4.78, 5) is 0. The van der Waals surface area contributed by atoms with Crippen LogP contribution >= 0.6 is 0 Å². The molecule has 0 aliphatic heterocycles. The predicted molar refractivity (Wildman–Crippen MR) is 87.2 cm³/mol. The average molecular weight is 279 g/mol. The van der Waals surface area contributed by atoms with Crippen LogP contribution in [0.5, 0.6) is 0 Å². The minimum Gasteiger partial charge on any atom is -0.314 e. The summed E-state index contributed by atoms with van der Waals surface area (Å²) in [7, 11) is 0. The fraction of sp³-hybridized carbons (Fsp3) is 0.824. The van der Waals surface area contributed by atoms with Crippen molar-refractivity contribution in [2.75, 3.05) is 6.54 Å². The maximum absolute atomic E-state index is 4.66. The minimum atomic E-state index is 0.601. The van der Waals surface area contributed by atoms with Crippen molar-refractivity contribution in [2.45, 2.75) is 85.2 Å². The van der Waals surface area contributed by atoms with E-state index in [-0.39, 0.29) is 0 Å². The van der Waals surface area contributed by atoms with Crippen molar-refractivity contribution >= 4 is 0 Å². The number of hydrogen-bond acceptors (Lipinski definition) is 2. The lowest BCUT2D eigenvalue weighted by atomic mass is 10.0. The average Bonchev–Trinajstić information content (AvgIpc) is 2.86. The first-order valence-corrected chi connectivity index (χ1v) is 8.54. The SMILES string of the molecule is CCCCCCC(Cc1cc(CC)nn1CC)NCC. The Bertz CT molecular complexity index is 357. The largest absolute Gasteiger partial charge is 0.314 e. The Morgan fingerprint density at radius 3 is 2.55 bits per heavy atom. The topological polar surface area (TPSA) is 29.9 Å². The Kier molecular flexibility index (Phi) is 8.59. The van der Waals surface area contributed by atoms with E-state index in [1.54, 1.807) is 0 Å². The van der Waals surface area contributed by atoms with Crippen LogP contribution in [0.4, 0.5) is 0 Å². The first-order valence-electron chi connectivity index (χ1n) is 8.54. The predicted octanol–water partition coefficient (Wildman–Crippen LogP) is 3.96. The third-order valence-electron chi connectivity index (χ3n) is 3.93. The van der Waals surface area contributed by atoms with Gasteiger partial charge < -0.3 is 5.32 Å². The van der Waals surface area contributed by atoms with E-state index < -0.39 is 0 Å². The fourth-order valence-corrected chi connectivity index (χ4v) is 2.76. The highest BCUT2D eigenvalue weighted by Crippen LogP contribution is 2.13. The normalized spacial score (nSPS) is 12.8. The smallest absolute Gasteiger partial charge is 0.0624 e. The highest BCUT2D eigenvalue weighted by Gasteiger charge is 2.13. The first-order chi connectivity index (χ1) is 9.74. The summed E-state index contributed by atoms with van der Waals surface area (Å²) < 4.78 is 2.18. The lowest BCUT2D eigenvalue weighted by Crippen LogP contribution is -2.31. The molecular weight excluding hydrogens is 246 g/mol. The third-order valence-corrected chi connectivity index (χ3v) is 3.93. The second-order valence-electron chi connectivity index (χ2n) is 5.60. The maximum atomic E-state index is 4.66. The summed E-state index contributed by atoms with van der Waals surface area (Å²) in [5, 5.41) is 8.30. The van der Waals surface area contributed by atoms with Crippen LogP contribution in [-0.4, -0.2) is 22.4 Å². The molecule has 1 N–H and O–H groups in total. The molecule has 0 radical (unpaired) electrons. The highest BCUT2D eigenvalue weighted by atomic mass is 15.3. The molecule has 0 bridgehead atoms. The van der Waals surface area contributed by atoms with E-state index in [9.17, 15) is 0 Å². The summed E-state index contributed by atoms with van der Waals surface area (Å²) in [6, 6.07) is 2.89. The molecule has 3 nitrogen and oxygen atoms in total. The molecule has 0 fully saturated rings. The molecule has 0 saturated carbocycles. The van der Waals surface area contributed by atoms with Crippen molar-refractivity contribution in [2.24, 2.45) is 0 Å². The molecule has 1 aromatic rings. The molecule has 20 heavy (non-hydrogen) atoms. The zero-order valence-electron chi connectivity index (χ0n) is 13.9. The zero-order valence-corrected chi connectivity index (χ0v) is 13.9. The highest BCUT2D eigenvalue weighted by molar-refractivity contribution is 5.12. The van der Waals surface area contributed by atoms with Crippen LogP contribution in [0.25, 0.3) is 0 Å². The lowest BCUT2D eigenvalue weighted by Gasteiger charge is -2.18. The summed E-state index contributed by atoms with van der Waals surface area (Å²) >= 11 is 0. The second kappa shape index (κ2) is 9.98. The van der Waals surface area contributed by atoms with Crippen LogP contribution in [0.2, 0.25) is 0 Å². The van der Waals surface area contributed by atoms with Crippen LogP contribution < -0.4 is 5.32 Å². The second-order valence-corrected chi connectivity index (χ2v) is 5.60. The Balaban J connectivity index is 2.57. The first kappa shape index (κ1) is 17.2. The number of unbranched alkanes of at least 4 members (excludes halogenated alkanes) is 3. The Labute approximate surface area is 125 Å². The zero-order chi connectivity index (χ0) is 14.8. The number of aryl methyl sites for hydroxylation is 2. The molecule has 0 aliphatic carbocycles. The van der Waals surface area contributed by atoms with Crippen molar-refractivity contribution in [3.8, 4) is 0 Å².